The van der Waals surface area contributed by atoms with Gasteiger partial charge in [0.15, 0.2) is 5.92 Å². The van der Waals surface area contributed by atoms with Crippen LogP contribution in [0.25, 0.3) is 0 Å². The van der Waals surface area contributed by atoms with Gasteiger partial charge < -0.3 is 5.11 Å². The number of hydrogen-bond donors (Lipinski definition) is 1. The zero-order chi connectivity index (χ0) is 13.6. The van der Waals surface area contributed by atoms with Gasteiger partial charge in [-0.15, -0.1) is 0 Å². The van der Waals surface area contributed by atoms with Gasteiger partial charge >= 0.3 is 17.8 Å². The van der Waals surface area contributed by atoms with Crippen LogP contribution in [-0.4, -0.2) is 63.8 Å². The van der Waals surface area contributed by atoms with E-state index in [9.17, 15) is 19.5 Å². The molecular formula is C11H14N3O4+. The Labute approximate surface area is 104 Å². The van der Waals surface area contributed by atoms with E-state index in [0.29, 0.717) is 6.54 Å². The van der Waals surface area contributed by atoms with Crippen LogP contribution in [0, 0.1) is 5.92 Å². The van der Waals surface area contributed by atoms with Crippen LogP contribution >= 0.6 is 0 Å². The monoisotopic (exact) mass is 252 g/mol. The topological polar surface area (TPSA) is 80.9 Å². The highest BCUT2D eigenvalue weighted by Gasteiger charge is 2.51. The maximum atomic E-state index is 12.0. The second-order valence-electron chi connectivity index (χ2n) is 4.18. The molecule has 2 rings (SSSR count). The lowest BCUT2D eigenvalue weighted by Crippen LogP contribution is -2.60. The molecule has 0 bridgehead atoms. The Kier molecular flexibility index (Phi) is 2.68. The summed E-state index contributed by atoms with van der Waals surface area (Å²) < 4.78 is 1.22. The van der Waals surface area contributed by atoms with Gasteiger partial charge in [-0.25, -0.2) is 14.3 Å². The summed E-state index contributed by atoms with van der Waals surface area (Å²) >= 11 is 0. The van der Waals surface area contributed by atoms with E-state index in [1.807, 2.05) is 0 Å². The van der Waals surface area contributed by atoms with Crippen LogP contribution < -0.4 is 0 Å². The van der Waals surface area contributed by atoms with Crippen molar-refractivity contribution in [1.82, 2.24) is 9.80 Å². The number of likely N-dealkylation sites (N-methyl/N-ethyl adjacent to an activating group) is 1. The van der Waals surface area contributed by atoms with Crippen molar-refractivity contribution < 1.29 is 24.1 Å². The molecule has 1 N–H and O–H groups in total. The largest absolute Gasteiger partial charge is 0.511 e. The number of amidine groups is 1. The number of amides is 4. The first kappa shape index (κ1) is 12.3. The fourth-order valence-electron chi connectivity index (χ4n) is 2.23. The first-order chi connectivity index (χ1) is 8.40. The third kappa shape index (κ3) is 1.43. The standard InChI is InChI=1S/C11H13N3O4/c1-4-14-7(16)5-6(15)8-9(14)12(2)11(18)13(3)10(8)17/h5,8H,4H2,1-3H3/p+1. The highest BCUT2D eigenvalue weighted by molar-refractivity contribution is 6.18. The fourth-order valence-corrected chi connectivity index (χ4v) is 2.23. The van der Waals surface area contributed by atoms with E-state index >= 15 is 0 Å². The Hall–Kier alpha value is -2.18. The summed E-state index contributed by atoms with van der Waals surface area (Å²) in [6.45, 7) is 2.06. The predicted molar refractivity (Wildman–Crippen MR) is 60.9 cm³/mol. The number of nitrogens with zero attached hydrogens (tertiary/aromatic N) is 3. The third-order valence-corrected chi connectivity index (χ3v) is 3.18. The Bertz CT molecular complexity index is 520. The van der Waals surface area contributed by atoms with E-state index in [4.69, 9.17) is 0 Å². The minimum Gasteiger partial charge on any atom is -0.511 e. The first-order valence-electron chi connectivity index (χ1n) is 5.54. The third-order valence-electron chi connectivity index (χ3n) is 3.18. The van der Waals surface area contributed by atoms with Crippen molar-refractivity contribution in [2.45, 2.75) is 6.92 Å². The number of aliphatic hydroxyl groups excluding tert-OH is 1. The van der Waals surface area contributed by atoms with E-state index in [2.05, 4.69) is 0 Å². The fraction of sp³-hybridized carbons (Fsp3) is 0.455. The highest BCUT2D eigenvalue weighted by atomic mass is 16.3. The number of aliphatic hydroxyl groups is 1. The minimum absolute atomic E-state index is 0.218. The highest BCUT2D eigenvalue weighted by Crippen LogP contribution is 2.24. The summed E-state index contributed by atoms with van der Waals surface area (Å²) in [5, 5.41) is 9.79. The molecule has 2 aliphatic heterocycles. The summed E-state index contributed by atoms with van der Waals surface area (Å²) in [7, 11) is 2.82. The van der Waals surface area contributed by atoms with Gasteiger partial charge in [-0.05, 0) is 6.92 Å². The van der Waals surface area contributed by atoms with Crippen LogP contribution in [-0.2, 0) is 9.59 Å². The molecule has 7 nitrogen and oxygen atoms in total. The number of fused-ring (bicyclic) bond motifs is 1. The predicted octanol–water partition coefficient (Wildman–Crippen LogP) is -0.461. The second kappa shape index (κ2) is 3.94. The molecule has 0 spiro atoms. The molecule has 0 saturated carbocycles. The van der Waals surface area contributed by atoms with Crippen LogP contribution in [0.3, 0.4) is 0 Å². The molecule has 4 amide bonds. The Morgan fingerprint density at radius 3 is 2.56 bits per heavy atom. The van der Waals surface area contributed by atoms with Crippen LogP contribution in [0.2, 0.25) is 0 Å². The summed E-state index contributed by atoms with van der Waals surface area (Å²) in [6.07, 6.45) is 1.02. The van der Waals surface area contributed by atoms with Gasteiger partial charge in [0.05, 0.1) is 26.7 Å². The molecule has 0 aromatic carbocycles. The zero-order valence-corrected chi connectivity index (χ0v) is 10.4. The molecule has 7 heteroatoms. The van der Waals surface area contributed by atoms with Crippen LogP contribution in [0.4, 0.5) is 4.79 Å². The van der Waals surface area contributed by atoms with E-state index < -0.39 is 23.8 Å². The van der Waals surface area contributed by atoms with Crippen LogP contribution in [0.1, 0.15) is 6.92 Å². The molecule has 0 radical (unpaired) electrons. The lowest BCUT2D eigenvalue weighted by molar-refractivity contribution is -0.412. The van der Waals surface area contributed by atoms with Gasteiger partial charge in [0.25, 0.3) is 0 Å². The molecule has 0 saturated heterocycles. The van der Waals surface area contributed by atoms with Crippen molar-refractivity contribution in [3.63, 3.8) is 0 Å². The Morgan fingerprint density at radius 1 is 1.39 bits per heavy atom. The number of carbonyl (C=O) groups excluding carboxylic acids is 3. The van der Waals surface area contributed by atoms with Crippen molar-refractivity contribution in [3.8, 4) is 0 Å². The van der Waals surface area contributed by atoms with Gasteiger partial charge in [-0.1, -0.05) is 0 Å². The number of carbonyl (C=O) groups is 3. The molecule has 0 aromatic rings. The number of hydrogen-bond acceptors (Lipinski definition) is 4. The molecule has 1 atom stereocenters. The van der Waals surface area contributed by atoms with Crippen molar-refractivity contribution >= 4 is 23.7 Å². The molecule has 1 unspecified atom stereocenters. The minimum atomic E-state index is -0.977. The van der Waals surface area contributed by atoms with E-state index in [1.54, 1.807) is 6.92 Å². The van der Waals surface area contributed by atoms with Gasteiger partial charge in [-0.3, -0.25) is 9.59 Å². The average molecular weight is 252 g/mol. The van der Waals surface area contributed by atoms with E-state index in [1.165, 1.54) is 23.6 Å². The quantitative estimate of drug-likeness (QED) is 0.640. The molecule has 2 aliphatic rings. The van der Waals surface area contributed by atoms with Crippen molar-refractivity contribution in [2.24, 2.45) is 5.92 Å². The van der Waals surface area contributed by atoms with Crippen molar-refractivity contribution in [2.75, 3.05) is 20.6 Å². The summed E-state index contributed by atoms with van der Waals surface area (Å²) in [4.78, 5) is 37.8. The van der Waals surface area contributed by atoms with Crippen LogP contribution in [0.5, 0.6) is 0 Å². The normalized spacial score (nSPS) is 24.5. The van der Waals surface area contributed by atoms with Crippen molar-refractivity contribution in [1.29, 1.82) is 0 Å². The van der Waals surface area contributed by atoms with E-state index in [0.717, 1.165) is 11.0 Å². The van der Waals surface area contributed by atoms with Crippen molar-refractivity contribution in [3.05, 3.63) is 11.8 Å². The molecule has 18 heavy (non-hydrogen) atoms. The summed E-state index contributed by atoms with van der Waals surface area (Å²) in [5.41, 5.74) is 0. The molecule has 0 fully saturated rings. The van der Waals surface area contributed by atoms with Gasteiger partial charge in [0, 0.05) is 0 Å². The Morgan fingerprint density at radius 2 is 2.00 bits per heavy atom. The molecule has 96 valence electrons. The molecule has 0 aromatic heterocycles. The lowest BCUT2D eigenvalue weighted by Gasteiger charge is -2.32. The lowest BCUT2D eigenvalue weighted by atomic mass is 9.97. The summed E-state index contributed by atoms with van der Waals surface area (Å²) in [5.74, 6) is -2.05. The molecule has 0 aliphatic carbocycles. The second-order valence-corrected chi connectivity index (χ2v) is 4.18. The number of rotatable bonds is 1. The average Bonchev–Trinajstić information content (AvgIpc) is 2.33. The zero-order valence-electron chi connectivity index (χ0n) is 10.4. The first-order valence-corrected chi connectivity index (χ1v) is 5.54. The Balaban J connectivity index is 2.68. The van der Waals surface area contributed by atoms with Gasteiger partial charge in [0.1, 0.15) is 5.76 Å². The smallest absolute Gasteiger partial charge is 0.445 e. The summed E-state index contributed by atoms with van der Waals surface area (Å²) in [6, 6.07) is -0.521. The maximum Gasteiger partial charge on any atom is 0.445 e. The van der Waals surface area contributed by atoms with Gasteiger partial charge in [0.2, 0.25) is 5.84 Å². The molecular weight excluding hydrogens is 238 g/mol. The van der Waals surface area contributed by atoms with E-state index in [-0.39, 0.29) is 11.6 Å². The van der Waals surface area contributed by atoms with Gasteiger partial charge in [-0.2, -0.15) is 4.90 Å². The molecule has 2 heterocycles. The number of urea groups is 1. The van der Waals surface area contributed by atoms with Crippen LogP contribution in [0.15, 0.2) is 11.8 Å². The SMILES string of the molecule is CCN1C(=O)C=C(O)C2C(=O)N(C)C(=O)[N+](C)=C21. The maximum absolute atomic E-state index is 12.0. The number of imide groups is 1.